The molecule has 3 rings (SSSR count). The predicted octanol–water partition coefficient (Wildman–Crippen LogP) is 5.07. The van der Waals surface area contributed by atoms with E-state index >= 15 is 0 Å². The van der Waals surface area contributed by atoms with Crippen molar-refractivity contribution in [3.63, 3.8) is 0 Å². The highest BCUT2D eigenvalue weighted by molar-refractivity contribution is 6.30. The zero-order chi connectivity index (χ0) is 20.1. The molecule has 1 N–H and O–H groups in total. The van der Waals surface area contributed by atoms with Gasteiger partial charge in [0.1, 0.15) is 23.9 Å². The van der Waals surface area contributed by atoms with E-state index in [0.717, 1.165) is 0 Å². The van der Waals surface area contributed by atoms with Crippen LogP contribution in [0.15, 0.2) is 53.1 Å². The van der Waals surface area contributed by atoms with Crippen LogP contribution < -0.4 is 14.8 Å². The number of carbonyl (C=O) groups excluding carboxylic acids is 1. The van der Waals surface area contributed by atoms with Gasteiger partial charge in [0.25, 0.3) is 5.91 Å². The summed E-state index contributed by atoms with van der Waals surface area (Å²) in [7, 11) is 0. The quantitative estimate of drug-likeness (QED) is 0.591. The first-order valence-electron chi connectivity index (χ1n) is 8.12. The van der Waals surface area contributed by atoms with Crippen LogP contribution in [0.5, 0.6) is 11.5 Å². The van der Waals surface area contributed by atoms with Gasteiger partial charge in [-0.15, -0.1) is 0 Å². The fourth-order valence-corrected chi connectivity index (χ4v) is 2.58. The summed E-state index contributed by atoms with van der Waals surface area (Å²) in [6.07, 6.45) is 0. The molecule has 3 aromatic rings. The van der Waals surface area contributed by atoms with Crippen LogP contribution in [0.3, 0.4) is 0 Å². The van der Waals surface area contributed by atoms with Crippen molar-refractivity contribution in [2.24, 2.45) is 0 Å². The normalized spacial score (nSPS) is 10.8. The standard InChI is InChI=1S/C19H15ClF2N2O4/c1-11-14(10-26-13-6-4-5-12(20)9-13)17(24-28-11)18(25)23-15-7-2-3-8-16(15)27-19(21)22/h2-9,19H,10H2,1H3,(H,23,25). The smallest absolute Gasteiger partial charge is 0.387 e. The fourth-order valence-electron chi connectivity index (χ4n) is 2.40. The number of hydrogen-bond acceptors (Lipinski definition) is 5. The van der Waals surface area contributed by atoms with E-state index in [9.17, 15) is 13.6 Å². The molecular formula is C19H15ClF2N2O4. The van der Waals surface area contributed by atoms with Gasteiger partial charge in [-0.2, -0.15) is 8.78 Å². The van der Waals surface area contributed by atoms with E-state index < -0.39 is 12.5 Å². The molecule has 0 spiro atoms. The van der Waals surface area contributed by atoms with E-state index in [1.165, 1.54) is 18.2 Å². The number of aryl methyl sites for hydroxylation is 1. The summed E-state index contributed by atoms with van der Waals surface area (Å²) in [5.74, 6) is 0.0917. The van der Waals surface area contributed by atoms with Gasteiger partial charge in [0.05, 0.1) is 11.3 Å². The Morgan fingerprint density at radius 3 is 2.79 bits per heavy atom. The van der Waals surface area contributed by atoms with E-state index in [2.05, 4.69) is 15.2 Å². The zero-order valence-electron chi connectivity index (χ0n) is 14.6. The number of rotatable bonds is 7. The molecule has 1 heterocycles. The molecule has 1 aromatic heterocycles. The molecule has 2 aromatic carbocycles. The van der Waals surface area contributed by atoms with Gasteiger partial charge >= 0.3 is 6.61 Å². The number of aromatic nitrogens is 1. The van der Waals surface area contributed by atoms with Gasteiger partial charge in [-0.1, -0.05) is 35.0 Å². The highest BCUT2D eigenvalue weighted by Crippen LogP contribution is 2.27. The largest absolute Gasteiger partial charge is 0.489 e. The molecule has 0 saturated heterocycles. The molecule has 0 bridgehead atoms. The summed E-state index contributed by atoms with van der Waals surface area (Å²) in [6, 6.07) is 12.6. The Kier molecular flexibility index (Phi) is 6.10. The van der Waals surface area contributed by atoms with Crippen LogP contribution in [0.4, 0.5) is 14.5 Å². The molecular weight excluding hydrogens is 394 g/mol. The molecule has 0 unspecified atom stereocenters. The Morgan fingerprint density at radius 2 is 2.04 bits per heavy atom. The molecule has 0 atom stereocenters. The van der Waals surface area contributed by atoms with Crippen molar-refractivity contribution in [2.75, 3.05) is 5.32 Å². The maximum Gasteiger partial charge on any atom is 0.387 e. The summed E-state index contributed by atoms with van der Waals surface area (Å²) < 4.78 is 40.2. The lowest BCUT2D eigenvalue weighted by molar-refractivity contribution is -0.0493. The minimum Gasteiger partial charge on any atom is -0.489 e. The first-order valence-corrected chi connectivity index (χ1v) is 8.50. The molecule has 9 heteroatoms. The van der Waals surface area contributed by atoms with Crippen LogP contribution in [-0.4, -0.2) is 17.7 Å². The maximum atomic E-state index is 12.6. The third kappa shape index (κ3) is 4.77. The first-order chi connectivity index (χ1) is 13.4. The number of para-hydroxylation sites is 2. The minimum absolute atomic E-state index is 0.00755. The number of anilines is 1. The minimum atomic E-state index is -3.02. The summed E-state index contributed by atoms with van der Waals surface area (Å²) in [4.78, 5) is 12.6. The Morgan fingerprint density at radius 1 is 1.25 bits per heavy atom. The molecule has 0 aliphatic carbocycles. The van der Waals surface area contributed by atoms with Crippen LogP contribution in [0, 0.1) is 6.92 Å². The van der Waals surface area contributed by atoms with Crippen molar-refractivity contribution in [1.82, 2.24) is 5.16 Å². The second kappa shape index (κ2) is 8.71. The molecule has 0 fully saturated rings. The van der Waals surface area contributed by atoms with E-state index in [1.54, 1.807) is 37.3 Å². The summed E-state index contributed by atoms with van der Waals surface area (Å²) in [5.41, 5.74) is 0.478. The Bertz CT molecular complexity index is 978. The average molecular weight is 409 g/mol. The van der Waals surface area contributed by atoms with Gasteiger partial charge < -0.3 is 19.3 Å². The number of ether oxygens (including phenoxy) is 2. The molecule has 6 nitrogen and oxygen atoms in total. The maximum absolute atomic E-state index is 12.6. The molecule has 0 aliphatic heterocycles. The van der Waals surface area contributed by atoms with Crippen LogP contribution in [0.25, 0.3) is 0 Å². The fraction of sp³-hybridized carbons (Fsp3) is 0.158. The van der Waals surface area contributed by atoms with Crippen molar-refractivity contribution in [2.45, 2.75) is 20.1 Å². The third-order valence-corrected chi connectivity index (χ3v) is 3.97. The van der Waals surface area contributed by atoms with Crippen molar-refractivity contribution in [3.8, 4) is 11.5 Å². The topological polar surface area (TPSA) is 73.6 Å². The molecule has 0 saturated carbocycles. The van der Waals surface area contributed by atoms with Gasteiger partial charge in [-0.05, 0) is 37.3 Å². The Labute approximate surface area is 164 Å². The van der Waals surface area contributed by atoms with Gasteiger partial charge in [-0.3, -0.25) is 4.79 Å². The van der Waals surface area contributed by atoms with E-state index in [0.29, 0.717) is 22.1 Å². The highest BCUT2D eigenvalue weighted by Gasteiger charge is 2.22. The van der Waals surface area contributed by atoms with Crippen molar-refractivity contribution in [1.29, 1.82) is 0 Å². The van der Waals surface area contributed by atoms with Crippen LogP contribution in [-0.2, 0) is 6.61 Å². The van der Waals surface area contributed by atoms with Gasteiger partial charge in [-0.25, -0.2) is 0 Å². The van der Waals surface area contributed by atoms with Gasteiger partial charge in [0, 0.05) is 5.02 Å². The van der Waals surface area contributed by atoms with Crippen molar-refractivity contribution in [3.05, 3.63) is 70.6 Å². The molecule has 0 aliphatic rings. The highest BCUT2D eigenvalue weighted by atomic mass is 35.5. The number of alkyl halides is 2. The van der Waals surface area contributed by atoms with Crippen LogP contribution in [0.2, 0.25) is 5.02 Å². The molecule has 146 valence electrons. The second-order valence-corrected chi connectivity index (χ2v) is 6.08. The monoisotopic (exact) mass is 408 g/mol. The Hall–Kier alpha value is -3.13. The average Bonchev–Trinajstić information content (AvgIpc) is 3.02. The van der Waals surface area contributed by atoms with Gasteiger partial charge in [0.15, 0.2) is 5.69 Å². The lowest BCUT2D eigenvalue weighted by Crippen LogP contribution is -2.16. The SMILES string of the molecule is Cc1onc(C(=O)Nc2ccccc2OC(F)F)c1COc1cccc(Cl)c1. The molecule has 0 radical (unpaired) electrons. The first kappa shape index (κ1) is 19.6. The van der Waals surface area contributed by atoms with Crippen LogP contribution >= 0.6 is 11.6 Å². The predicted molar refractivity (Wildman–Crippen MR) is 98.1 cm³/mol. The third-order valence-electron chi connectivity index (χ3n) is 3.73. The number of carbonyl (C=O) groups is 1. The van der Waals surface area contributed by atoms with Crippen molar-refractivity contribution >= 4 is 23.2 Å². The number of hydrogen-bond donors (Lipinski definition) is 1. The van der Waals surface area contributed by atoms with E-state index in [1.807, 2.05) is 0 Å². The zero-order valence-corrected chi connectivity index (χ0v) is 15.4. The number of amides is 1. The number of nitrogens with one attached hydrogen (secondary N) is 1. The van der Waals surface area contributed by atoms with Gasteiger partial charge in [0.2, 0.25) is 0 Å². The van der Waals surface area contributed by atoms with E-state index in [4.69, 9.17) is 20.9 Å². The Balaban J connectivity index is 1.76. The summed E-state index contributed by atoms with van der Waals surface area (Å²) in [5, 5.41) is 6.75. The van der Waals surface area contributed by atoms with Crippen LogP contribution in [0.1, 0.15) is 21.8 Å². The lowest BCUT2D eigenvalue weighted by atomic mass is 10.2. The number of halogens is 3. The number of benzene rings is 2. The van der Waals surface area contributed by atoms with Crippen molar-refractivity contribution < 1.29 is 27.6 Å². The number of nitrogens with zero attached hydrogens (tertiary/aromatic N) is 1. The second-order valence-electron chi connectivity index (χ2n) is 5.64. The lowest BCUT2D eigenvalue weighted by Gasteiger charge is -2.11. The summed E-state index contributed by atoms with van der Waals surface area (Å²) in [6.45, 7) is -1.38. The molecule has 28 heavy (non-hydrogen) atoms. The molecule has 1 amide bonds. The summed E-state index contributed by atoms with van der Waals surface area (Å²) >= 11 is 5.92. The van der Waals surface area contributed by atoms with E-state index in [-0.39, 0.29) is 23.7 Å².